The molecule has 0 N–H and O–H groups in total. The third kappa shape index (κ3) is 4.13. The number of amides is 1. The highest BCUT2D eigenvalue weighted by Crippen LogP contribution is 2.52. The molecular formula is C29H36FN2O2-. The Bertz CT molecular complexity index is 1060. The van der Waals surface area contributed by atoms with Gasteiger partial charge in [-0.3, -0.25) is 0 Å². The highest BCUT2D eigenvalue weighted by Gasteiger charge is 2.48. The Hall–Kier alpha value is -2.40. The Labute approximate surface area is 202 Å². The number of aryl methyl sites for hydroxylation is 1. The fourth-order valence-electron chi connectivity index (χ4n) is 6.71. The van der Waals surface area contributed by atoms with Gasteiger partial charge in [-0.25, -0.2) is 4.39 Å². The van der Waals surface area contributed by atoms with Crippen LogP contribution in [-0.4, -0.2) is 41.6 Å². The van der Waals surface area contributed by atoms with Crippen molar-refractivity contribution < 1.29 is 14.3 Å². The summed E-state index contributed by atoms with van der Waals surface area (Å²) < 4.78 is 15.5. The molecule has 6 rings (SSSR count). The van der Waals surface area contributed by atoms with Crippen molar-refractivity contribution in [1.82, 2.24) is 9.80 Å². The molecule has 4 aliphatic rings. The van der Waals surface area contributed by atoms with E-state index in [4.69, 9.17) is 0 Å². The molecule has 5 heteroatoms. The second kappa shape index (κ2) is 8.99. The number of carbonyl (C=O) groups excluding carboxylic acids is 1. The summed E-state index contributed by atoms with van der Waals surface area (Å²) in [6, 6.07) is 11.3. The molecule has 1 aliphatic carbocycles. The lowest BCUT2D eigenvalue weighted by molar-refractivity contribution is -0.276. The van der Waals surface area contributed by atoms with Crippen LogP contribution >= 0.6 is 0 Å². The van der Waals surface area contributed by atoms with E-state index in [1.165, 1.54) is 5.56 Å². The minimum Gasteiger partial charge on any atom is -0.530 e. The molecule has 2 bridgehead atoms. The molecule has 0 saturated carbocycles. The van der Waals surface area contributed by atoms with E-state index in [1.54, 1.807) is 11.0 Å². The molecule has 2 aromatic rings. The summed E-state index contributed by atoms with van der Waals surface area (Å²) in [5.41, 5.74) is 4.27. The number of halogens is 1. The molecule has 2 aromatic carbocycles. The van der Waals surface area contributed by atoms with Gasteiger partial charge in [0.15, 0.2) is 0 Å². The third-order valence-electron chi connectivity index (χ3n) is 8.46. The summed E-state index contributed by atoms with van der Waals surface area (Å²) in [6.45, 7) is 9.24. The van der Waals surface area contributed by atoms with Crippen LogP contribution in [0.1, 0.15) is 69.2 Å². The standard InChI is InChI=1S/C29H37FN2O2/c1-4-5-6-19-7-9-20(10-8-19)23-15-22-17-29(2,3)27(24(22)16-25(23)30)32(28(33)34)26-18-31-13-11-21(26)12-14-31/h7-10,15-16,21,26-27H,4-6,11-14,17-18H2,1-3H3,(H,33,34)/p-1/t26-,27+/m1/s1. The predicted molar refractivity (Wildman–Crippen MR) is 131 cm³/mol. The highest BCUT2D eigenvalue weighted by molar-refractivity contribution is 5.69. The Morgan fingerprint density at radius 3 is 2.47 bits per heavy atom. The average molecular weight is 464 g/mol. The van der Waals surface area contributed by atoms with Crippen LogP contribution in [-0.2, 0) is 12.8 Å². The number of hydrogen-bond acceptors (Lipinski definition) is 3. The van der Waals surface area contributed by atoms with Crippen LogP contribution in [0.3, 0.4) is 0 Å². The van der Waals surface area contributed by atoms with Crippen LogP contribution in [0.5, 0.6) is 0 Å². The quantitative estimate of drug-likeness (QED) is 0.592. The van der Waals surface area contributed by atoms with Crippen molar-refractivity contribution in [3.8, 4) is 11.1 Å². The van der Waals surface area contributed by atoms with Crippen molar-refractivity contribution in [2.45, 2.75) is 71.4 Å². The molecule has 1 amide bonds. The summed E-state index contributed by atoms with van der Waals surface area (Å²) in [5, 5.41) is 12.5. The van der Waals surface area contributed by atoms with E-state index in [2.05, 4.69) is 37.8 Å². The zero-order valence-electron chi connectivity index (χ0n) is 20.6. The number of carbonyl (C=O) groups is 1. The zero-order chi connectivity index (χ0) is 24.0. The maximum atomic E-state index is 15.5. The maximum Gasteiger partial charge on any atom is 0.137 e. The topological polar surface area (TPSA) is 46.6 Å². The van der Waals surface area contributed by atoms with Gasteiger partial charge < -0.3 is 19.7 Å². The molecule has 182 valence electrons. The van der Waals surface area contributed by atoms with E-state index in [-0.39, 0.29) is 17.3 Å². The van der Waals surface area contributed by atoms with Crippen LogP contribution in [0, 0.1) is 17.2 Å². The van der Waals surface area contributed by atoms with E-state index in [1.807, 2.05) is 18.2 Å². The Kier molecular flexibility index (Phi) is 6.18. The second-order valence-corrected chi connectivity index (χ2v) is 11.3. The Morgan fingerprint density at radius 2 is 1.88 bits per heavy atom. The summed E-state index contributed by atoms with van der Waals surface area (Å²) in [6.07, 6.45) is 4.99. The van der Waals surface area contributed by atoms with Gasteiger partial charge in [0.2, 0.25) is 0 Å². The van der Waals surface area contributed by atoms with Crippen molar-refractivity contribution in [3.63, 3.8) is 0 Å². The maximum absolute atomic E-state index is 15.5. The lowest BCUT2D eigenvalue weighted by Gasteiger charge is -2.53. The molecule has 0 unspecified atom stereocenters. The second-order valence-electron chi connectivity index (χ2n) is 11.3. The number of rotatable bonds is 6. The van der Waals surface area contributed by atoms with Gasteiger partial charge in [-0.05, 0) is 90.9 Å². The molecule has 0 aromatic heterocycles. The largest absolute Gasteiger partial charge is 0.530 e. The van der Waals surface area contributed by atoms with Crippen molar-refractivity contribution in [2.24, 2.45) is 11.3 Å². The normalized spacial score (nSPS) is 26.9. The smallest absolute Gasteiger partial charge is 0.137 e. The van der Waals surface area contributed by atoms with Crippen LogP contribution < -0.4 is 5.11 Å². The highest BCUT2D eigenvalue weighted by atomic mass is 19.1. The van der Waals surface area contributed by atoms with Gasteiger partial charge in [0.05, 0.1) is 6.04 Å². The first-order valence-electron chi connectivity index (χ1n) is 12.9. The first-order valence-corrected chi connectivity index (χ1v) is 12.9. The van der Waals surface area contributed by atoms with Crippen molar-refractivity contribution in [1.29, 1.82) is 0 Å². The van der Waals surface area contributed by atoms with E-state index in [9.17, 15) is 9.90 Å². The summed E-state index contributed by atoms with van der Waals surface area (Å²) >= 11 is 0. The van der Waals surface area contributed by atoms with Gasteiger partial charge in [-0.1, -0.05) is 51.5 Å². The fraction of sp³-hybridized carbons (Fsp3) is 0.552. The number of fused-ring (bicyclic) bond motifs is 4. The average Bonchev–Trinajstić information content (AvgIpc) is 3.07. The molecule has 3 fully saturated rings. The molecular weight excluding hydrogens is 427 g/mol. The van der Waals surface area contributed by atoms with Crippen molar-refractivity contribution in [2.75, 3.05) is 19.6 Å². The number of carboxylic acid groups (broad SMARTS) is 1. The van der Waals surface area contributed by atoms with Crippen LogP contribution in [0.25, 0.3) is 11.1 Å². The van der Waals surface area contributed by atoms with Crippen LogP contribution in [0.15, 0.2) is 36.4 Å². The van der Waals surface area contributed by atoms with Crippen molar-refractivity contribution >= 4 is 6.09 Å². The number of unbranched alkanes of at least 4 members (excludes halogenated alkanes) is 1. The fourth-order valence-corrected chi connectivity index (χ4v) is 6.71. The minimum absolute atomic E-state index is 0.0823. The number of piperidine rings is 3. The summed E-state index contributed by atoms with van der Waals surface area (Å²) in [5.74, 6) is 0.0769. The predicted octanol–water partition coefficient (Wildman–Crippen LogP) is 5.20. The number of hydrogen-bond donors (Lipinski definition) is 0. The van der Waals surface area contributed by atoms with Crippen LogP contribution in [0.2, 0.25) is 0 Å². The summed E-state index contributed by atoms with van der Waals surface area (Å²) in [7, 11) is 0. The first-order chi connectivity index (χ1) is 16.3. The van der Waals surface area contributed by atoms with E-state index in [0.717, 1.165) is 74.8 Å². The monoisotopic (exact) mass is 463 g/mol. The lowest BCUT2D eigenvalue weighted by Crippen LogP contribution is -2.62. The molecule has 3 heterocycles. The Balaban J connectivity index is 1.49. The van der Waals surface area contributed by atoms with Gasteiger partial charge >= 0.3 is 0 Å². The third-order valence-corrected chi connectivity index (χ3v) is 8.46. The van der Waals surface area contributed by atoms with Gasteiger partial charge in [-0.15, -0.1) is 0 Å². The first kappa shape index (κ1) is 23.3. The summed E-state index contributed by atoms with van der Waals surface area (Å²) in [4.78, 5) is 16.5. The van der Waals surface area contributed by atoms with Gasteiger partial charge in [-0.2, -0.15) is 0 Å². The van der Waals surface area contributed by atoms with Gasteiger partial charge in [0, 0.05) is 18.2 Å². The molecule has 4 nitrogen and oxygen atoms in total. The molecule has 0 radical (unpaired) electrons. The van der Waals surface area contributed by atoms with E-state index >= 15 is 4.39 Å². The van der Waals surface area contributed by atoms with Gasteiger partial charge in [0.25, 0.3) is 0 Å². The van der Waals surface area contributed by atoms with Gasteiger partial charge in [0.1, 0.15) is 11.9 Å². The molecule has 0 spiro atoms. The minimum atomic E-state index is -1.13. The van der Waals surface area contributed by atoms with E-state index < -0.39 is 12.1 Å². The number of nitrogens with zero attached hydrogens (tertiary/aromatic N) is 2. The Morgan fingerprint density at radius 1 is 1.18 bits per heavy atom. The number of benzene rings is 2. The molecule has 34 heavy (non-hydrogen) atoms. The molecule has 2 atom stereocenters. The SMILES string of the molecule is CCCCc1ccc(-c2cc3c(cc2F)[C@H](N(C(=O)[O-])[C@@H]2CN4CCC2CC4)C(C)(C)C3)cc1. The van der Waals surface area contributed by atoms with E-state index in [0.29, 0.717) is 11.5 Å². The molecule has 3 saturated heterocycles. The lowest BCUT2D eigenvalue weighted by atomic mass is 9.79. The van der Waals surface area contributed by atoms with Crippen LogP contribution in [0.4, 0.5) is 9.18 Å². The molecule has 3 aliphatic heterocycles. The van der Waals surface area contributed by atoms with Crippen molar-refractivity contribution in [3.05, 3.63) is 58.9 Å². The zero-order valence-corrected chi connectivity index (χ0v) is 20.6.